The van der Waals surface area contributed by atoms with E-state index in [1.165, 1.54) is 11.7 Å². The second-order valence-electron chi connectivity index (χ2n) is 3.69. The molecular weight excluding hydrogens is 256 g/mol. The highest BCUT2D eigenvalue weighted by atomic mass is 35.5. The van der Waals surface area contributed by atoms with Crippen molar-refractivity contribution in [2.24, 2.45) is 0 Å². The fourth-order valence-electron chi connectivity index (χ4n) is 1.62. The van der Waals surface area contributed by atoms with Crippen LogP contribution in [0.25, 0.3) is 5.69 Å². The molecule has 0 aromatic carbocycles. The van der Waals surface area contributed by atoms with Crippen LogP contribution in [0.4, 0.5) is 10.5 Å². The van der Waals surface area contributed by atoms with Crippen LogP contribution in [0.5, 0.6) is 0 Å². The van der Waals surface area contributed by atoms with Crippen LogP contribution < -0.4 is 4.90 Å². The predicted octanol–water partition coefficient (Wildman–Crippen LogP) is 2.34. The number of hydrogen-bond acceptors (Lipinski definition) is 3. The zero-order valence-electron chi connectivity index (χ0n) is 9.83. The zero-order valence-corrected chi connectivity index (χ0v) is 10.6. The summed E-state index contributed by atoms with van der Waals surface area (Å²) in [5, 5.41) is 13.4. The molecule has 0 aliphatic carbocycles. The Morgan fingerprint density at radius 3 is 2.83 bits per heavy atom. The third-order valence-corrected chi connectivity index (χ3v) is 2.83. The molecule has 0 saturated heterocycles. The number of aryl methyl sites for hydroxylation is 1. The number of pyridine rings is 1. The lowest BCUT2D eigenvalue weighted by atomic mass is 10.4. The number of halogens is 1. The lowest BCUT2D eigenvalue weighted by Crippen LogP contribution is -2.24. The van der Waals surface area contributed by atoms with E-state index in [9.17, 15) is 4.79 Å². The minimum Gasteiger partial charge on any atom is -0.465 e. The van der Waals surface area contributed by atoms with Crippen LogP contribution in [0.3, 0.4) is 0 Å². The van der Waals surface area contributed by atoms with Crippen molar-refractivity contribution in [3.63, 3.8) is 0 Å². The third-order valence-electron chi connectivity index (χ3n) is 2.49. The van der Waals surface area contributed by atoms with E-state index in [0.29, 0.717) is 17.1 Å². The highest BCUT2D eigenvalue weighted by molar-refractivity contribution is 6.33. The second kappa shape index (κ2) is 4.66. The molecule has 18 heavy (non-hydrogen) atoms. The van der Waals surface area contributed by atoms with E-state index in [-0.39, 0.29) is 5.15 Å². The Morgan fingerprint density at radius 1 is 1.56 bits per heavy atom. The summed E-state index contributed by atoms with van der Waals surface area (Å²) >= 11 is 6.17. The molecule has 0 atom stereocenters. The number of carboxylic acid groups (broad SMARTS) is 1. The average molecular weight is 267 g/mol. The Labute approximate surface area is 108 Å². The van der Waals surface area contributed by atoms with Crippen molar-refractivity contribution < 1.29 is 9.90 Å². The molecule has 0 fully saturated rings. The summed E-state index contributed by atoms with van der Waals surface area (Å²) in [6.07, 6.45) is 2.15. The Bertz CT molecular complexity index is 582. The van der Waals surface area contributed by atoms with Gasteiger partial charge in [-0.05, 0) is 19.1 Å². The van der Waals surface area contributed by atoms with E-state index in [2.05, 4.69) is 10.1 Å². The fourth-order valence-corrected chi connectivity index (χ4v) is 2.02. The largest absolute Gasteiger partial charge is 0.465 e. The van der Waals surface area contributed by atoms with Crippen molar-refractivity contribution >= 4 is 23.4 Å². The van der Waals surface area contributed by atoms with Gasteiger partial charge in [-0.15, -0.1) is 0 Å². The standard InChI is InChI=1S/C11H11ClN4O2/c1-7-9(15(2)11(17)18)10(12)16(14-7)8-4-3-5-13-6-8/h3-6H,1-2H3,(H,17,18). The number of anilines is 1. The van der Waals surface area contributed by atoms with Gasteiger partial charge in [0.2, 0.25) is 0 Å². The maximum absolute atomic E-state index is 11.0. The molecule has 0 unspecified atom stereocenters. The molecule has 0 aliphatic rings. The van der Waals surface area contributed by atoms with Gasteiger partial charge in [-0.25, -0.2) is 9.48 Å². The molecule has 94 valence electrons. The Morgan fingerprint density at radius 2 is 2.28 bits per heavy atom. The highest BCUT2D eigenvalue weighted by Gasteiger charge is 2.21. The number of amides is 1. The molecule has 0 radical (unpaired) electrons. The van der Waals surface area contributed by atoms with E-state index < -0.39 is 6.09 Å². The summed E-state index contributed by atoms with van der Waals surface area (Å²) in [5.74, 6) is 0. The molecule has 6 nitrogen and oxygen atoms in total. The summed E-state index contributed by atoms with van der Waals surface area (Å²) < 4.78 is 1.46. The molecule has 0 saturated carbocycles. The zero-order chi connectivity index (χ0) is 13.3. The number of carbonyl (C=O) groups is 1. The summed E-state index contributed by atoms with van der Waals surface area (Å²) in [4.78, 5) is 16.0. The minimum absolute atomic E-state index is 0.241. The van der Waals surface area contributed by atoms with E-state index in [1.807, 2.05) is 0 Å². The van der Waals surface area contributed by atoms with Crippen LogP contribution in [0, 0.1) is 6.92 Å². The van der Waals surface area contributed by atoms with Gasteiger partial charge in [0.15, 0.2) is 5.15 Å². The third kappa shape index (κ3) is 2.02. The number of rotatable bonds is 2. The SMILES string of the molecule is Cc1nn(-c2cccnc2)c(Cl)c1N(C)C(=O)O. The first kappa shape index (κ1) is 12.4. The van der Waals surface area contributed by atoms with Gasteiger partial charge in [-0.2, -0.15) is 5.10 Å². The normalized spacial score (nSPS) is 10.4. The van der Waals surface area contributed by atoms with Crippen molar-refractivity contribution in [2.45, 2.75) is 6.92 Å². The van der Waals surface area contributed by atoms with Gasteiger partial charge in [0.05, 0.1) is 17.6 Å². The van der Waals surface area contributed by atoms with Gasteiger partial charge in [0.25, 0.3) is 0 Å². The van der Waals surface area contributed by atoms with Crippen molar-refractivity contribution in [2.75, 3.05) is 11.9 Å². The quantitative estimate of drug-likeness (QED) is 0.906. The fraction of sp³-hybridized carbons (Fsp3) is 0.182. The molecule has 1 N–H and O–H groups in total. The topological polar surface area (TPSA) is 71.2 Å². The smallest absolute Gasteiger partial charge is 0.411 e. The summed E-state index contributed by atoms with van der Waals surface area (Å²) in [5.41, 5.74) is 1.58. The molecule has 0 bridgehead atoms. The van der Waals surface area contributed by atoms with Crippen LogP contribution in [-0.4, -0.2) is 33.0 Å². The van der Waals surface area contributed by atoms with Crippen LogP contribution >= 0.6 is 11.6 Å². The molecule has 2 heterocycles. The molecule has 0 spiro atoms. The monoisotopic (exact) mass is 266 g/mol. The van der Waals surface area contributed by atoms with Crippen molar-refractivity contribution in [3.05, 3.63) is 35.4 Å². The lowest BCUT2D eigenvalue weighted by molar-refractivity contribution is 0.203. The highest BCUT2D eigenvalue weighted by Crippen LogP contribution is 2.30. The molecule has 2 aromatic rings. The number of nitrogens with zero attached hydrogens (tertiary/aromatic N) is 4. The summed E-state index contributed by atoms with van der Waals surface area (Å²) in [6.45, 7) is 1.70. The number of hydrogen-bond donors (Lipinski definition) is 1. The van der Waals surface area contributed by atoms with Crippen LogP contribution in [-0.2, 0) is 0 Å². The first-order valence-electron chi connectivity index (χ1n) is 5.14. The predicted molar refractivity (Wildman–Crippen MR) is 67.5 cm³/mol. The Hall–Kier alpha value is -2.08. The summed E-state index contributed by atoms with van der Waals surface area (Å²) in [7, 11) is 1.42. The van der Waals surface area contributed by atoms with E-state index in [1.54, 1.807) is 31.5 Å². The van der Waals surface area contributed by atoms with Crippen LogP contribution in [0.2, 0.25) is 5.15 Å². The molecular formula is C11H11ClN4O2. The van der Waals surface area contributed by atoms with Gasteiger partial charge in [0.1, 0.15) is 5.69 Å². The molecule has 2 aromatic heterocycles. The van der Waals surface area contributed by atoms with E-state index in [4.69, 9.17) is 16.7 Å². The second-order valence-corrected chi connectivity index (χ2v) is 4.05. The Kier molecular flexibility index (Phi) is 3.20. The maximum Gasteiger partial charge on any atom is 0.411 e. The van der Waals surface area contributed by atoms with Crippen molar-refractivity contribution in [1.82, 2.24) is 14.8 Å². The van der Waals surface area contributed by atoms with Crippen LogP contribution in [0.1, 0.15) is 5.69 Å². The first-order valence-corrected chi connectivity index (χ1v) is 5.52. The van der Waals surface area contributed by atoms with Crippen molar-refractivity contribution in [3.8, 4) is 5.69 Å². The van der Waals surface area contributed by atoms with Crippen LogP contribution in [0.15, 0.2) is 24.5 Å². The van der Waals surface area contributed by atoms with E-state index in [0.717, 1.165) is 4.90 Å². The first-order chi connectivity index (χ1) is 8.52. The van der Waals surface area contributed by atoms with Crippen molar-refractivity contribution in [1.29, 1.82) is 0 Å². The molecule has 1 amide bonds. The lowest BCUT2D eigenvalue weighted by Gasteiger charge is -2.12. The van der Waals surface area contributed by atoms with Gasteiger partial charge in [-0.1, -0.05) is 11.6 Å². The Balaban J connectivity index is 2.54. The molecule has 7 heteroatoms. The minimum atomic E-state index is -1.09. The van der Waals surface area contributed by atoms with Gasteiger partial charge in [-0.3, -0.25) is 9.88 Å². The van der Waals surface area contributed by atoms with E-state index >= 15 is 0 Å². The number of aromatic nitrogens is 3. The summed E-state index contributed by atoms with van der Waals surface area (Å²) in [6, 6.07) is 3.54. The molecule has 2 rings (SSSR count). The average Bonchev–Trinajstić information content (AvgIpc) is 2.65. The van der Waals surface area contributed by atoms with Gasteiger partial charge >= 0.3 is 6.09 Å². The van der Waals surface area contributed by atoms with Gasteiger partial charge < -0.3 is 5.11 Å². The maximum atomic E-state index is 11.0. The molecule has 0 aliphatic heterocycles. The van der Waals surface area contributed by atoms with Gasteiger partial charge in [0, 0.05) is 13.2 Å².